The minimum atomic E-state index is -0.574. The molecule has 2 saturated heterocycles. The molecule has 0 N–H and O–H groups in total. The number of hydrogen-bond acceptors (Lipinski definition) is 10. The van der Waals surface area contributed by atoms with Crippen molar-refractivity contribution in [1.29, 1.82) is 0 Å². The van der Waals surface area contributed by atoms with E-state index in [0.29, 0.717) is 36.9 Å². The summed E-state index contributed by atoms with van der Waals surface area (Å²) in [6.45, 7) is 8.24. The molecule has 6 rings (SSSR count). The van der Waals surface area contributed by atoms with Crippen molar-refractivity contribution in [2.45, 2.75) is 57.7 Å². The lowest BCUT2D eigenvalue weighted by atomic mass is 10.0. The van der Waals surface area contributed by atoms with Crippen molar-refractivity contribution < 1.29 is 28.6 Å². The minimum absolute atomic E-state index is 0. The Labute approximate surface area is 347 Å². The average Bonchev–Trinajstić information content (AvgIpc) is 3.77. The molecular weight excluding hydrogens is 893 g/mol. The maximum atomic E-state index is 13.1. The highest BCUT2D eigenvalue weighted by atomic mass is 79.9. The Balaban J connectivity index is 0.000000284. The number of rotatable bonds is 8. The Morgan fingerprint density at radius 2 is 1.28 bits per heavy atom. The lowest BCUT2D eigenvalue weighted by Gasteiger charge is -2.41. The fraction of sp³-hybridized carbons (Fsp3) is 0.417. The van der Waals surface area contributed by atoms with Gasteiger partial charge in [-0.3, -0.25) is 19.6 Å². The quantitative estimate of drug-likeness (QED) is 0.172. The molecule has 11 nitrogen and oxygen atoms in total. The lowest BCUT2D eigenvalue weighted by molar-refractivity contribution is -0.000835. The van der Waals surface area contributed by atoms with Gasteiger partial charge in [0, 0.05) is 38.6 Å². The van der Waals surface area contributed by atoms with E-state index in [-0.39, 0.29) is 61.4 Å². The van der Waals surface area contributed by atoms with Gasteiger partial charge < -0.3 is 28.9 Å². The number of ether oxygens (including phenoxy) is 3. The SMILES string of the molecule is CC(C)(C)OC(=O)N1CCN(C(=O)c2ccc(Br)s2)C(COc2cccnc2)C1.Cl.Cl.O=C(c1ccc(Br)s1)N1CCCCC1COc1cccnc1. The largest absolute Gasteiger partial charge is 0.490 e. The Bertz CT molecular complexity index is 1750. The molecule has 4 aromatic rings. The average molecular weight is 937 g/mol. The fourth-order valence-electron chi connectivity index (χ4n) is 5.59. The minimum Gasteiger partial charge on any atom is -0.490 e. The van der Waals surface area contributed by atoms with Crippen LogP contribution in [0.4, 0.5) is 4.79 Å². The molecule has 2 unspecified atom stereocenters. The second-order valence-corrected chi connectivity index (χ2v) is 17.9. The number of carbonyl (C=O) groups excluding carboxylic acids is 3. The van der Waals surface area contributed by atoms with Gasteiger partial charge in [-0.05, 0) is 120 Å². The number of halogens is 4. The maximum absolute atomic E-state index is 13.1. The smallest absolute Gasteiger partial charge is 0.410 e. The van der Waals surface area contributed by atoms with Crippen LogP contribution in [0, 0.1) is 0 Å². The molecule has 0 aromatic carbocycles. The van der Waals surface area contributed by atoms with Gasteiger partial charge in [-0.2, -0.15) is 0 Å². The van der Waals surface area contributed by atoms with E-state index in [9.17, 15) is 14.4 Å². The van der Waals surface area contributed by atoms with Gasteiger partial charge in [-0.1, -0.05) is 0 Å². The first-order chi connectivity index (χ1) is 24.5. The predicted octanol–water partition coefficient (Wildman–Crippen LogP) is 8.87. The topological polar surface area (TPSA) is 114 Å². The third-order valence-electron chi connectivity index (χ3n) is 8.00. The molecule has 17 heteroatoms. The molecule has 53 heavy (non-hydrogen) atoms. The van der Waals surface area contributed by atoms with Crippen LogP contribution in [0.5, 0.6) is 11.5 Å². The standard InChI is InChI=1S/C20H24BrN3O4S.C16H17BrN2O2S.2ClH/c1-20(2,3)28-19(26)23-9-10-24(18(25)16-6-7-17(21)29-16)14(12-23)13-27-15-5-4-8-22-11-15;17-15-7-6-14(22-15)16(20)19-9-2-1-4-12(19)11-21-13-5-3-8-18-10-13;;/h4-8,11,14H,9-10,12-13H2,1-3H3;3,5-8,10,12H,1-2,4,9,11H2;2*1H. The highest BCUT2D eigenvalue weighted by molar-refractivity contribution is 9.11. The number of carbonyl (C=O) groups is 3. The molecule has 0 saturated carbocycles. The number of nitrogens with zero attached hydrogens (tertiary/aromatic N) is 5. The molecule has 2 atom stereocenters. The molecule has 0 radical (unpaired) electrons. The first-order valence-electron chi connectivity index (χ1n) is 16.6. The first-order valence-corrected chi connectivity index (χ1v) is 19.8. The summed E-state index contributed by atoms with van der Waals surface area (Å²) in [4.78, 5) is 53.1. The van der Waals surface area contributed by atoms with Crippen molar-refractivity contribution in [2.24, 2.45) is 0 Å². The normalized spacial score (nSPS) is 17.0. The van der Waals surface area contributed by atoms with Crippen molar-refractivity contribution in [3.8, 4) is 11.5 Å². The summed E-state index contributed by atoms with van der Waals surface area (Å²) < 4.78 is 19.0. The summed E-state index contributed by atoms with van der Waals surface area (Å²) in [6, 6.07) is 14.6. The molecule has 2 fully saturated rings. The van der Waals surface area contributed by atoms with E-state index >= 15 is 0 Å². The number of aromatic nitrogens is 2. The molecule has 0 aliphatic carbocycles. The highest BCUT2D eigenvalue weighted by Gasteiger charge is 2.36. The van der Waals surface area contributed by atoms with E-state index in [1.807, 2.05) is 62.1 Å². The summed E-state index contributed by atoms with van der Waals surface area (Å²) >= 11 is 9.69. The predicted molar refractivity (Wildman–Crippen MR) is 219 cm³/mol. The van der Waals surface area contributed by atoms with Gasteiger partial charge in [0.2, 0.25) is 0 Å². The number of amides is 3. The van der Waals surface area contributed by atoms with Crippen LogP contribution in [-0.2, 0) is 4.74 Å². The Hall–Kier alpha value is -2.95. The molecule has 0 spiro atoms. The van der Waals surface area contributed by atoms with Crippen LogP contribution in [-0.4, -0.2) is 99.7 Å². The molecule has 4 aromatic heterocycles. The van der Waals surface area contributed by atoms with Crippen LogP contribution in [0.15, 0.2) is 80.9 Å². The monoisotopic (exact) mass is 933 g/mol. The number of piperazine rings is 1. The van der Waals surface area contributed by atoms with Crippen LogP contribution in [0.2, 0.25) is 0 Å². The van der Waals surface area contributed by atoms with Gasteiger partial charge in [0.25, 0.3) is 11.8 Å². The number of piperidine rings is 1. The highest BCUT2D eigenvalue weighted by Crippen LogP contribution is 2.28. The van der Waals surface area contributed by atoms with Gasteiger partial charge in [0.15, 0.2) is 0 Å². The zero-order valence-electron chi connectivity index (χ0n) is 29.5. The van der Waals surface area contributed by atoms with E-state index in [1.165, 1.54) is 22.7 Å². The molecule has 3 amide bonds. The van der Waals surface area contributed by atoms with Crippen LogP contribution in [0.3, 0.4) is 0 Å². The zero-order chi connectivity index (χ0) is 36.4. The van der Waals surface area contributed by atoms with Gasteiger partial charge >= 0.3 is 6.09 Å². The number of pyridine rings is 2. The van der Waals surface area contributed by atoms with Crippen molar-refractivity contribution in [1.82, 2.24) is 24.7 Å². The van der Waals surface area contributed by atoms with E-state index in [2.05, 4.69) is 41.8 Å². The number of thiophene rings is 2. The Morgan fingerprint density at radius 1 is 0.755 bits per heavy atom. The van der Waals surface area contributed by atoms with E-state index in [1.54, 1.807) is 46.7 Å². The van der Waals surface area contributed by atoms with E-state index in [4.69, 9.17) is 14.2 Å². The van der Waals surface area contributed by atoms with Crippen LogP contribution >= 0.6 is 79.3 Å². The molecule has 0 bridgehead atoms. The Morgan fingerprint density at radius 3 is 1.75 bits per heavy atom. The summed E-state index contributed by atoms with van der Waals surface area (Å²) in [6.07, 6.45) is 9.51. The van der Waals surface area contributed by atoms with Gasteiger partial charge in [-0.15, -0.1) is 47.5 Å². The van der Waals surface area contributed by atoms with E-state index in [0.717, 1.165) is 44.0 Å². The van der Waals surface area contributed by atoms with Gasteiger partial charge in [-0.25, -0.2) is 4.79 Å². The molecule has 6 heterocycles. The maximum Gasteiger partial charge on any atom is 0.410 e. The van der Waals surface area contributed by atoms with E-state index < -0.39 is 5.60 Å². The van der Waals surface area contributed by atoms with Crippen molar-refractivity contribution in [2.75, 3.05) is 39.4 Å². The second-order valence-electron chi connectivity index (χ2n) is 12.9. The van der Waals surface area contributed by atoms with Crippen LogP contribution < -0.4 is 9.47 Å². The number of hydrogen-bond donors (Lipinski definition) is 0. The molecular formula is C36H43Br2Cl2N5O6S2. The summed E-state index contributed by atoms with van der Waals surface area (Å²) in [5, 5.41) is 0. The van der Waals surface area contributed by atoms with Crippen LogP contribution in [0.25, 0.3) is 0 Å². The summed E-state index contributed by atoms with van der Waals surface area (Å²) in [5.41, 5.74) is -0.574. The second kappa shape index (κ2) is 21.2. The zero-order valence-corrected chi connectivity index (χ0v) is 36.0. The number of likely N-dealkylation sites (tertiary alicyclic amines) is 1. The summed E-state index contributed by atoms with van der Waals surface area (Å²) in [7, 11) is 0. The third kappa shape index (κ3) is 13.4. The first kappa shape index (κ1) is 44.4. The lowest BCUT2D eigenvalue weighted by Crippen LogP contribution is -2.58. The molecule has 288 valence electrons. The Kier molecular flexibility index (Phi) is 17.8. The molecule has 2 aliphatic rings. The third-order valence-corrected chi connectivity index (χ3v) is 11.2. The molecule has 2 aliphatic heterocycles. The van der Waals surface area contributed by atoms with Crippen LogP contribution in [0.1, 0.15) is 59.4 Å². The van der Waals surface area contributed by atoms with Crippen molar-refractivity contribution in [3.63, 3.8) is 0 Å². The van der Waals surface area contributed by atoms with Crippen molar-refractivity contribution >= 4 is 97.3 Å². The van der Waals surface area contributed by atoms with Crippen molar-refractivity contribution in [3.05, 3.63) is 90.6 Å². The van der Waals surface area contributed by atoms with Gasteiger partial charge in [0.1, 0.15) is 30.3 Å². The van der Waals surface area contributed by atoms with Gasteiger partial charge in [0.05, 0.1) is 41.8 Å². The summed E-state index contributed by atoms with van der Waals surface area (Å²) in [5.74, 6) is 1.41. The fourth-order valence-corrected chi connectivity index (χ4v) is 8.27.